The van der Waals surface area contributed by atoms with Crippen LogP contribution in [-0.4, -0.2) is 22.2 Å². The standard InChI is InChI=1S/C7H10N4/c1-8-7-9-4-6(10-11-7)5-2-3-5/h4-5H,2-3H2,1H3,(H,8,9,11). The number of nitrogens with zero attached hydrogens (tertiary/aromatic N) is 3. The molecule has 1 aliphatic carbocycles. The van der Waals surface area contributed by atoms with Gasteiger partial charge in [0, 0.05) is 13.0 Å². The maximum absolute atomic E-state index is 4.07. The average molecular weight is 150 g/mol. The molecule has 1 aromatic rings. The lowest BCUT2D eigenvalue weighted by Gasteiger charge is -1.96. The van der Waals surface area contributed by atoms with Gasteiger partial charge in [0.05, 0.1) is 11.9 Å². The van der Waals surface area contributed by atoms with Crippen molar-refractivity contribution in [2.45, 2.75) is 18.8 Å². The van der Waals surface area contributed by atoms with Gasteiger partial charge in [0.2, 0.25) is 5.95 Å². The van der Waals surface area contributed by atoms with Crippen LogP contribution in [0.2, 0.25) is 0 Å². The van der Waals surface area contributed by atoms with Crippen molar-refractivity contribution in [3.8, 4) is 0 Å². The monoisotopic (exact) mass is 150 g/mol. The van der Waals surface area contributed by atoms with Gasteiger partial charge < -0.3 is 5.32 Å². The molecule has 1 saturated carbocycles. The molecule has 4 nitrogen and oxygen atoms in total. The predicted molar refractivity (Wildman–Crippen MR) is 41.3 cm³/mol. The van der Waals surface area contributed by atoms with E-state index >= 15 is 0 Å². The zero-order chi connectivity index (χ0) is 7.68. The van der Waals surface area contributed by atoms with E-state index in [4.69, 9.17) is 0 Å². The SMILES string of the molecule is CNc1ncc(C2CC2)nn1. The summed E-state index contributed by atoms with van der Waals surface area (Å²) < 4.78 is 0. The number of anilines is 1. The molecule has 1 aliphatic rings. The van der Waals surface area contributed by atoms with Crippen molar-refractivity contribution in [3.05, 3.63) is 11.9 Å². The molecule has 1 fully saturated rings. The molecule has 0 aliphatic heterocycles. The summed E-state index contributed by atoms with van der Waals surface area (Å²) in [6.45, 7) is 0. The van der Waals surface area contributed by atoms with E-state index < -0.39 is 0 Å². The molecule has 1 heterocycles. The Balaban J connectivity index is 2.19. The summed E-state index contributed by atoms with van der Waals surface area (Å²) in [7, 11) is 1.79. The van der Waals surface area contributed by atoms with E-state index in [2.05, 4.69) is 20.5 Å². The molecule has 0 amide bonds. The predicted octanol–water partition coefficient (Wildman–Crippen LogP) is 0.791. The maximum Gasteiger partial charge on any atom is 0.242 e. The van der Waals surface area contributed by atoms with E-state index in [0.29, 0.717) is 11.9 Å². The second kappa shape index (κ2) is 2.45. The third kappa shape index (κ3) is 1.29. The van der Waals surface area contributed by atoms with Gasteiger partial charge in [-0.3, -0.25) is 0 Å². The van der Waals surface area contributed by atoms with Crippen LogP contribution < -0.4 is 5.32 Å². The first-order chi connectivity index (χ1) is 5.40. The summed E-state index contributed by atoms with van der Waals surface area (Å²) >= 11 is 0. The average Bonchev–Trinajstić information content (AvgIpc) is 2.87. The summed E-state index contributed by atoms with van der Waals surface area (Å²) in [5, 5.41) is 10.8. The van der Waals surface area contributed by atoms with Gasteiger partial charge >= 0.3 is 0 Å². The first-order valence-corrected chi connectivity index (χ1v) is 3.77. The number of rotatable bonds is 2. The minimum Gasteiger partial charge on any atom is -0.356 e. The van der Waals surface area contributed by atoms with Crippen LogP contribution in [0.3, 0.4) is 0 Å². The lowest BCUT2D eigenvalue weighted by Crippen LogP contribution is -1.99. The Morgan fingerprint density at radius 1 is 1.45 bits per heavy atom. The van der Waals surface area contributed by atoms with Gasteiger partial charge in [0.1, 0.15) is 0 Å². The van der Waals surface area contributed by atoms with E-state index in [1.54, 1.807) is 13.2 Å². The number of aromatic nitrogens is 3. The smallest absolute Gasteiger partial charge is 0.242 e. The molecule has 0 atom stereocenters. The summed E-state index contributed by atoms with van der Waals surface area (Å²) in [4.78, 5) is 4.07. The van der Waals surface area contributed by atoms with Crippen molar-refractivity contribution < 1.29 is 0 Å². The minimum absolute atomic E-state index is 0.592. The number of hydrogen-bond donors (Lipinski definition) is 1. The molecular formula is C7H10N4. The molecule has 0 saturated heterocycles. The molecular weight excluding hydrogens is 140 g/mol. The van der Waals surface area contributed by atoms with Crippen LogP contribution in [0.25, 0.3) is 0 Å². The minimum atomic E-state index is 0.592. The normalized spacial score (nSPS) is 16.5. The lowest BCUT2D eigenvalue weighted by molar-refractivity contribution is 0.874. The molecule has 0 aromatic carbocycles. The Morgan fingerprint density at radius 2 is 2.27 bits per heavy atom. The Labute approximate surface area is 65.1 Å². The van der Waals surface area contributed by atoms with Crippen molar-refractivity contribution in [2.75, 3.05) is 12.4 Å². The zero-order valence-corrected chi connectivity index (χ0v) is 6.41. The number of nitrogens with one attached hydrogen (secondary N) is 1. The van der Waals surface area contributed by atoms with E-state index in [9.17, 15) is 0 Å². The Kier molecular flexibility index (Phi) is 1.45. The summed E-state index contributed by atoms with van der Waals surface area (Å²) in [6, 6.07) is 0. The van der Waals surface area contributed by atoms with Crippen molar-refractivity contribution in [2.24, 2.45) is 0 Å². The van der Waals surface area contributed by atoms with Gasteiger partial charge in [-0.05, 0) is 12.8 Å². The highest BCUT2D eigenvalue weighted by atomic mass is 15.2. The fourth-order valence-electron chi connectivity index (χ4n) is 0.965. The van der Waals surface area contributed by atoms with Crippen LogP contribution in [0.4, 0.5) is 5.95 Å². The molecule has 2 rings (SSSR count). The van der Waals surface area contributed by atoms with Crippen molar-refractivity contribution >= 4 is 5.95 Å². The third-order valence-corrected chi connectivity index (χ3v) is 1.80. The highest BCUT2D eigenvalue weighted by molar-refractivity contribution is 5.21. The third-order valence-electron chi connectivity index (χ3n) is 1.80. The van der Waals surface area contributed by atoms with Crippen LogP contribution in [0, 0.1) is 0 Å². The zero-order valence-electron chi connectivity index (χ0n) is 6.41. The van der Waals surface area contributed by atoms with Gasteiger partial charge in [0.25, 0.3) is 0 Å². The summed E-state index contributed by atoms with van der Waals surface area (Å²) in [5.74, 6) is 1.23. The van der Waals surface area contributed by atoms with E-state index in [-0.39, 0.29) is 0 Å². The van der Waals surface area contributed by atoms with Crippen LogP contribution >= 0.6 is 0 Å². The quantitative estimate of drug-likeness (QED) is 0.677. The molecule has 1 N–H and O–H groups in total. The molecule has 0 bridgehead atoms. The summed E-state index contributed by atoms with van der Waals surface area (Å²) in [6.07, 6.45) is 4.29. The van der Waals surface area contributed by atoms with Gasteiger partial charge in [-0.2, -0.15) is 0 Å². The van der Waals surface area contributed by atoms with Gasteiger partial charge in [0.15, 0.2) is 0 Å². The topological polar surface area (TPSA) is 50.7 Å². The lowest BCUT2D eigenvalue weighted by atomic mass is 10.3. The fraction of sp³-hybridized carbons (Fsp3) is 0.571. The maximum atomic E-state index is 4.07. The number of hydrogen-bond acceptors (Lipinski definition) is 4. The summed E-state index contributed by atoms with van der Waals surface area (Å²) in [5.41, 5.74) is 1.03. The first kappa shape index (κ1) is 6.52. The van der Waals surface area contributed by atoms with Crippen LogP contribution in [0.15, 0.2) is 6.20 Å². The van der Waals surface area contributed by atoms with Crippen LogP contribution in [-0.2, 0) is 0 Å². The van der Waals surface area contributed by atoms with Gasteiger partial charge in [-0.15, -0.1) is 10.2 Å². The first-order valence-electron chi connectivity index (χ1n) is 3.77. The second-order valence-corrected chi connectivity index (χ2v) is 2.73. The largest absolute Gasteiger partial charge is 0.356 e. The van der Waals surface area contributed by atoms with Crippen molar-refractivity contribution in [1.29, 1.82) is 0 Å². The van der Waals surface area contributed by atoms with E-state index in [0.717, 1.165) is 5.69 Å². The fourth-order valence-corrected chi connectivity index (χ4v) is 0.965. The van der Waals surface area contributed by atoms with Gasteiger partial charge in [-0.1, -0.05) is 0 Å². The van der Waals surface area contributed by atoms with Crippen LogP contribution in [0.1, 0.15) is 24.5 Å². The molecule has 58 valence electrons. The molecule has 0 unspecified atom stereocenters. The molecule has 4 heteroatoms. The van der Waals surface area contributed by atoms with Crippen molar-refractivity contribution in [1.82, 2.24) is 15.2 Å². The van der Waals surface area contributed by atoms with E-state index in [1.807, 2.05) is 0 Å². The Hall–Kier alpha value is -1.19. The molecule has 11 heavy (non-hydrogen) atoms. The highest BCUT2D eigenvalue weighted by Crippen LogP contribution is 2.38. The Bertz CT molecular complexity index is 239. The highest BCUT2D eigenvalue weighted by Gasteiger charge is 2.25. The second-order valence-electron chi connectivity index (χ2n) is 2.73. The van der Waals surface area contributed by atoms with Crippen LogP contribution in [0.5, 0.6) is 0 Å². The Morgan fingerprint density at radius 3 is 2.73 bits per heavy atom. The van der Waals surface area contributed by atoms with Crippen molar-refractivity contribution in [3.63, 3.8) is 0 Å². The molecule has 0 spiro atoms. The molecule has 0 radical (unpaired) electrons. The molecule has 1 aromatic heterocycles. The van der Waals surface area contributed by atoms with Gasteiger partial charge in [-0.25, -0.2) is 4.98 Å². The van der Waals surface area contributed by atoms with E-state index in [1.165, 1.54) is 12.8 Å².